The van der Waals surface area contributed by atoms with Crippen LogP contribution in [0.15, 0.2) is 60.7 Å². The third-order valence-corrected chi connectivity index (χ3v) is 2.07. The second-order valence-electron chi connectivity index (χ2n) is 3.06. The first-order chi connectivity index (χ1) is 8.88. The van der Waals surface area contributed by atoms with E-state index in [2.05, 4.69) is 0 Å². The van der Waals surface area contributed by atoms with Gasteiger partial charge in [0.2, 0.25) is 0 Å². The van der Waals surface area contributed by atoms with Crippen LogP contribution < -0.4 is 0 Å². The van der Waals surface area contributed by atoms with Gasteiger partial charge >= 0.3 is 0 Å². The van der Waals surface area contributed by atoms with Gasteiger partial charge in [0.1, 0.15) is 0 Å². The van der Waals surface area contributed by atoms with E-state index < -0.39 is 0 Å². The maximum absolute atomic E-state index is 11.8. The van der Waals surface area contributed by atoms with Gasteiger partial charge in [0.15, 0.2) is 5.78 Å². The molecule has 0 N–H and O–H groups in total. The molecule has 0 aliphatic heterocycles. The van der Waals surface area contributed by atoms with E-state index in [9.17, 15) is 4.79 Å². The fraction of sp³-hybridized carbons (Fsp3) is 0.316. The minimum atomic E-state index is 0. The Morgan fingerprint density at radius 1 is 0.600 bits per heavy atom. The number of carbonyl (C=O) groups is 1. The molecule has 20 heavy (non-hydrogen) atoms. The van der Waals surface area contributed by atoms with Crippen molar-refractivity contribution in [1.82, 2.24) is 0 Å². The first-order valence-electron chi connectivity index (χ1n) is 6.53. The summed E-state index contributed by atoms with van der Waals surface area (Å²) in [5.41, 5.74) is 1.47. The highest BCUT2D eigenvalue weighted by Crippen LogP contribution is 2.08. The molecule has 2 aromatic carbocycles. The summed E-state index contributed by atoms with van der Waals surface area (Å²) in [6.07, 6.45) is 0. The smallest absolute Gasteiger partial charge is 0.193 e. The van der Waals surface area contributed by atoms with Crippen LogP contribution in [0.4, 0.5) is 0 Å². The van der Waals surface area contributed by atoms with E-state index >= 15 is 0 Å². The lowest BCUT2D eigenvalue weighted by atomic mass is 10.0. The molecule has 0 fully saturated rings. The molecule has 0 atom stereocenters. The van der Waals surface area contributed by atoms with Crippen LogP contribution in [0.3, 0.4) is 0 Å². The lowest BCUT2D eigenvalue weighted by molar-refractivity contribution is 0.103. The summed E-state index contributed by atoms with van der Waals surface area (Å²) in [4.78, 5) is 11.8. The van der Waals surface area contributed by atoms with Gasteiger partial charge in [0, 0.05) is 11.1 Å². The molecule has 0 spiro atoms. The molecule has 0 saturated carbocycles. The molecule has 0 aromatic heterocycles. The van der Waals surface area contributed by atoms with E-state index in [-0.39, 0.29) is 20.6 Å². The molecule has 2 aromatic rings. The maximum Gasteiger partial charge on any atom is 0.193 e. The Labute approximate surface area is 125 Å². The summed E-state index contributed by atoms with van der Waals surface area (Å²) >= 11 is 0. The van der Waals surface area contributed by atoms with E-state index in [1.807, 2.05) is 88.4 Å². The molecule has 0 saturated heterocycles. The predicted octanol–water partition coefficient (Wildman–Crippen LogP) is 6.24. The molecule has 2 rings (SSSR count). The van der Waals surface area contributed by atoms with E-state index in [1.54, 1.807) is 0 Å². The summed E-state index contributed by atoms with van der Waals surface area (Å²) in [5, 5.41) is 0. The lowest BCUT2D eigenvalue weighted by Crippen LogP contribution is -1.99. The van der Waals surface area contributed by atoms with Crippen LogP contribution in [-0.2, 0) is 0 Å². The molecular formula is C19H30O. The second kappa shape index (κ2) is 15.2. The molecule has 0 unspecified atom stereocenters. The van der Waals surface area contributed by atoms with E-state index in [0.717, 1.165) is 11.1 Å². The van der Waals surface area contributed by atoms with Crippen molar-refractivity contribution in [1.29, 1.82) is 0 Å². The van der Waals surface area contributed by atoms with Crippen molar-refractivity contribution in [3.05, 3.63) is 71.8 Å². The Morgan fingerprint density at radius 2 is 0.850 bits per heavy atom. The number of rotatable bonds is 2. The molecule has 0 aliphatic rings. The van der Waals surface area contributed by atoms with Gasteiger partial charge in [0.05, 0.1) is 0 Å². The van der Waals surface area contributed by atoms with Crippen molar-refractivity contribution in [3.8, 4) is 0 Å². The average Bonchev–Trinajstić information content (AvgIpc) is 2.52. The van der Waals surface area contributed by atoms with E-state index in [4.69, 9.17) is 0 Å². The molecule has 112 valence electrons. The van der Waals surface area contributed by atoms with Gasteiger partial charge in [-0.25, -0.2) is 0 Å². The van der Waals surface area contributed by atoms with E-state index in [0.29, 0.717) is 0 Å². The Morgan fingerprint density at radius 3 is 1.10 bits per heavy atom. The Hall–Kier alpha value is -1.89. The second-order valence-corrected chi connectivity index (χ2v) is 3.06. The standard InChI is InChI=1S/C13H10O.2C2H6.2CH4/c14-13(11-7-3-1-4-8-11)12-9-5-2-6-10-12;2*1-2;;/h1-10H;2*1-2H3;2*1H4. The minimum absolute atomic E-state index is 0. The van der Waals surface area contributed by atoms with Crippen LogP contribution in [0.2, 0.25) is 0 Å². The average molecular weight is 274 g/mol. The minimum Gasteiger partial charge on any atom is -0.289 e. The number of ketones is 1. The predicted molar refractivity (Wildman–Crippen MR) is 92.5 cm³/mol. The molecule has 0 bridgehead atoms. The number of carbonyl (C=O) groups excluding carboxylic acids is 1. The van der Waals surface area contributed by atoms with Gasteiger partial charge in [-0.2, -0.15) is 0 Å². The highest BCUT2D eigenvalue weighted by atomic mass is 16.1. The first-order valence-corrected chi connectivity index (χ1v) is 6.53. The number of hydrogen-bond acceptors (Lipinski definition) is 1. The molecule has 0 heterocycles. The normalized spacial score (nSPS) is 7.40. The summed E-state index contributed by atoms with van der Waals surface area (Å²) < 4.78 is 0. The van der Waals surface area contributed by atoms with Crippen LogP contribution in [0.5, 0.6) is 0 Å². The maximum atomic E-state index is 11.8. The van der Waals surface area contributed by atoms with Gasteiger partial charge in [-0.15, -0.1) is 0 Å². The third-order valence-electron chi connectivity index (χ3n) is 2.07. The molecular weight excluding hydrogens is 244 g/mol. The molecule has 0 amide bonds. The monoisotopic (exact) mass is 274 g/mol. The summed E-state index contributed by atoms with van der Waals surface area (Å²) in [5.74, 6) is 0.0752. The number of benzene rings is 2. The van der Waals surface area contributed by atoms with Crippen molar-refractivity contribution in [2.45, 2.75) is 42.5 Å². The fourth-order valence-electron chi connectivity index (χ4n) is 1.35. The third kappa shape index (κ3) is 7.52. The zero-order valence-electron chi connectivity index (χ0n) is 11.7. The molecule has 1 nitrogen and oxygen atoms in total. The highest BCUT2D eigenvalue weighted by Gasteiger charge is 2.06. The highest BCUT2D eigenvalue weighted by molar-refractivity contribution is 6.08. The van der Waals surface area contributed by atoms with Crippen molar-refractivity contribution < 1.29 is 4.79 Å². The molecule has 0 aliphatic carbocycles. The summed E-state index contributed by atoms with van der Waals surface area (Å²) in [6, 6.07) is 18.6. The van der Waals surface area contributed by atoms with Crippen LogP contribution in [-0.4, -0.2) is 5.78 Å². The summed E-state index contributed by atoms with van der Waals surface area (Å²) in [6.45, 7) is 8.00. The zero-order valence-corrected chi connectivity index (χ0v) is 11.7. The topological polar surface area (TPSA) is 17.1 Å². The van der Waals surface area contributed by atoms with Crippen LogP contribution in [0, 0.1) is 0 Å². The van der Waals surface area contributed by atoms with Crippen LogP contribution in [0.25, 0.3) is 0 Å². The van der Waals surface area contributed by atoms with Crippen molar-refractivity contribution in [2.75, 3.05) is 0 Å². The van der Waals surface area contributed by atoms with Crippen LogP contribution in [0.1, 0.15) is 58.5 Å². The lowest BCUT2D eigenvalue weighted by Gasteiger charge is -1.99. The van der Waals surface area contributed by atoms with Crippen LogP contribution >= 0.6 is 0 Å². The van der Waals surface area contributed by atoms with Gasteiger partial charge in [-0.1, -0.05) is 103 Å². The van der Waals surface area contributed by atoms with Gasteiger partial charge in [-0.3, -0.25) is 4.79 Å². The summed E-state index contributed by atoms with van der Waals surface area (Å²) in [7, 11) is 0. The SMILES string of the molecule is C.C.CC.CC.O=C(c1ccccc1)c1ccccc1. The zero-order chi connectivity index (χ0) is 13.8. The van der Waals surface area contributed by atoms with Gasteiger partial charge < -0.3 is 0 Å². The Balaban J connectivity index is -0.000000444. The van der Waals surface area contributed by atoms with E-state index in [1.165, 1.54) is 0 Å². The molecule has 0 radical (unpaired) electrons. The fourth-order valence-corrected chi connectivity index (χ4v) is 1.35. The Bertz CT molecular complexity index is 377. The van der Waals surface area contributed by atoms with Gasteiger partial charge in [-0.05, 0) is 0 Å². The van der Waals surface area contributed by atoms with Crippen molar-refractivity contribution >= 4 is 5.78 Å². The first kappa shape index (κ1) is 23.2. The Kier molecular flexibility index (Phi) is 17.6. The van der Waals surface area contributed by atoms with Gasteiger partial charge in [0.25, 0.3) is 0 Å². The van der Waals surface area contributed by atoms with Crippen molar-refractivity contribution in [2.24, 2.45) is 0 Å². The number of hydrogen-bond donors (Lipinski definition) is 0. The largest absolute Gasteiger partial charge is 0.289 e. The van der Waals surface area contributed by atoms with Crippen molar-refractivity contribution in [3.63, 3.8) is 0 Å². The molecule has 1 heteroatoms. The quantitative estimate of drug-likeness (QED) is 0.592.